The minimum atomic E-state index is -3.52. The monoisotopic (exact) mass is 514 g/mol. The van der Waals surface area contributed by atoms with Gasteiger partial charge in [-0.3, -0.25) is 9.69 Å². The Morgan fingerprint density at radius 1 is 1.00 bits per heavy atom. The highest BCUT2D eigenvalue weighted by molar-refractivity contribution is 7.89. The van der Waals surface area contributed by atoms with E-state index < -0.39 is 10.0 Å². The number of aryl methyl sites for hydroxylation is 2. The molecule has 188 valence electrons. The molecule has 0 N–H and O–H groups in total. The number of sulfonamides is 1. The number of benzene rings is 2. The van der Waals surface area contributed by atoms with Crippen molar-refractivity contribution in [1.82, 2.24) is 14.2 Å². The Morgan fingerprint density at radius 3 is 2.26 bits per heavy atom. The van der Waals surface area contributed by atoms with Crippen LogP contribution in [0.1, 0.15) is 48.2 Å². The van der Waals surface area contributed by atoms with Crippen LogP contribution in [-0.2, 0) is 10.0 Å². The van der Waals surface area contributed by atoms with Gasteiger partial charge in [0.2, 0.25) is 10.0 Å². The largest absolute Gasteiger partial charge is 0.302 e. The van der Waals surface area contributed by atoms with Crippen LogP contribution >= 0.6 is 11.3 Å². The van der Waals surface area contributed by atoms with Crippen LogP contribution in [0, 0.1) is 13.8 Å². The number of aromatic nitrogens is 1. The van der Waals surface area contributed by atoms with Crippen molar-refractivity contribution >= 4 is 42.6 Å². The molecular formula is C26H34N4O3S2. The second-order valence-electron chi connectivity index (χ2n) is 9.02. The molecule has 3 aromatic rings. The van der Waals surface area contributed by atoms with Crippen molar-refractivity contribution in [3.8, 4) is 0 Å². The van der Waals surface area contributed by atoms with Gasteiger partial charge in [-0.1, -0.05) is 25.2 Å². The van der Waals surface area contributed by atoms with Crippen molar-refractivity contribution in [2.45, 2.75) is 45.4 Å². The predicted octanol–water partition coefficient (Wildman–Crippen LogP) is 4.69. The first kappa shape index (κ1) is 25.8. The average molecular weight is 515 g/mol. The van der Waals surface area contributed by atoms with Crippen LogP contribution in [0.4, 0.5) is 5.13 Å². The average Bonchev–Trinajstić information content (AvgIpc) is 3.53. The first-order valence-corrected chi connectivity index (χ1v) is 14.5. The second kappa shape index (κ2) is 10.7. The van der Waals surface area contributed by atoms with E-state index in [1.807, 2.05) is 0 Å². The zero-order chi connectivity index (χ0) is 25.2. The van der Waals surface area contributed by atoms with Crippen LogP contribution in [0.3, 0.4) is 0 Å². The smallest absolute Gasteiger partial charge is 0.260 e. The molecule has 2 heterocycles. The summed E-state index contributed by atoms with van der Waals surface area (Å²) in [6.45, 7) is 12.5. The van der Waals surface area contributed by atoms with Crippen LogP contribution < -0.4 is 4.90 Å². The summed E-state index contributed by atoms with van der Waals surface area (Å²) in [6, 6.07) is 10.5. The number of fused-ring (bicyclic) bond motifs is 1. The van der Waals surface area contributed by atoms with Crippen LogP contribution in [-0.4, -0.2) is 67.8 Å². The van der Waals surface area contributed by atoms with E-state index in [1.165, 1.54) is 26.8 Å². The van der Waals surface area contributed by atoms with Crippen LogP contribution in [0.5, 0.6) is 0 Å². The topological polar surface area (TPSA) is 73.8 Å². The van der Waals surface area contributed by atoms with Crippen molar-refractivity contribution in [2.75, 3.05) is 44.2 Å². The number of likely N-dealkylation sites (N-methyl/N-ethyl adjacent to an activating group) is 1. The van der Waals surface area contributed by atoms with Crippen molar-refractivity contribution in [3.05, 3.63) is 53.1 Å². The molecule has 0 bridgehead atoms. The van der Waals surface area contributed by atoms with E-state index in [4.69, 9.17) is 4.98 Å². The maximum absolute atomic E-state index is 13.7. The minimum Gasteiger partial charge on any atom is -0.302 e. The lowest BCUT2D eigenvalue weighted by Crippen LogP contribution is -2.38. The first-order chi connectivity index (χ1) is 16.7. The molecule has 1 saturated heterocycles. The molecule has 0 unspecified atom stereocenters. The summed E-state index contributed by atoms with van der Waals surface area (Å²) in [5, 5.41) is 0.663. The lowest BCUT2D eigenvalue weighted by atomic mass is 10.1. The normalized spacial score (nSPS) is 14.8. The maximum atomic E-state index is 13.7. The molecule has 2 aromatic carbocycles. The van der Waals surface area contributed by atoms with E-state index in [-0.39, 0.29) is 10.8 Å². The Labute approximate surface area is 212 Å². The van der Waals surface area contributed by atoms with Gasteiger partial charge in [-0.2, -0.15) is 4.31 Å². The van der Waals surface area contributed by atoms with E-state index in [0.29, 0.717) is 30.3 Å². The fourth-order valence-electron chi connectivity index (χ4n) is 4.35. The van der Waals surface area contributed by atoms with E-state index in [0.717, 1.165) is 42.7 Å². The van der Waals surface area contributed by atoms with Gasteiger partial charge in [0.15, 0.2) is 5.13 Å². The van der Waals surface area contributed by atoms with Crippen LogP contribution in [0.2, 0.25) is 0 Å². The summed E-state index contributed by atoms with van der Waals surface area (Å²) >= 11 is 1.52. The Bertz CT molecular complexity index is 1250. The Kier molecular flexibility index (Phi) is 7.90. The molecular weight excluding hydrogens is 480 g/mol. The summed E-state index contributed by atoms with van der Waals surface area (Å²) in [7, 11) is -3.52. The molecule has 9 heteroatoms. The summed E-state index contributed by atoms with van der Waals surface area (Å²) in [4.78, 5) is 22.7. The van der Waals surface area contributed by atoms with E-state index in [2.05, 4.69) is 44.7 Å². The van der Waals surface area contributed by atoms with Gasteiger partial charge in [0.25, 0.3) is 5.91 Å². The number of anilines is 1. The number of rotatable bonds is 9. The predicted molar refractivity (Wildman–Crippen MR) is 143 cm³/mol. The Balaban J connectivity index is 1.64. The van der Waals surface area contributed by atoms with Crippen LogP contribution in [0.15, 0.2) is 41.3 Å². The first-order valence-electron chi connectivity index (χ1n) is 12.3. The number of amides is 1. The molecule has 0 atom stereocenters. The number of hydrogen-bond acceptors (Lipinski definition) is 6. The van der Waals surface area contributed by atoms with E-state index in [9.17, 15) is 13.2 Å². The number of thiazole rings is 1. The molecule has 1 fully saturated rings. The highest BCUT2D eigenvalue weighted by atomic mass is 32.2. The molecule has 0 radical (unpaired) electrons. The zero-order valence-corrected chi connectivity index (χ0v) is 22.6. The molecule has 35 heavy (non-hydrogen) atoms. The molecule has 1 aromatic heterocycles. The molecule has 1 aliphatic heterocycles. The number of hydrogen-bond donors (Lipinski definition) is 0. The third-order valence-electron chi connectivity index (χ3n) is 6.81. The van der Waals surface area contributed by atoms with Crippen molar-refractivity contribution < 1.29 is 13.2 Å². The Hall–Kier alpha value is -2.33. The molecule has 0 aliphatic carbocycles. The molecule has 1 aliphatic rings. The van der Waals surface area contributed by atoms with Crippen molar-refractivity contribution in [1.29, 1.82) is 0 Å². The standard InChI is InChI=1S/C26H34N4O3S2/c1-5-28(6-2)15-16-30(26-27-23-17-19(3)20(4)18-24(23)34-26)25(31)21-9-11-22(12-10-21)35(32,33)29-13-7-8-14-29/h9-12,17-18H,5-8,13-16H2,1-4H3. The van der Waals surface area contributed by atoms with Gasteiger partial charge < -0.3 is 4.90 Å². The summed E-state index contributed by atoms with van der Waals surface area (Å²) in [5.74, 6) is -0.172. The van der Waals surface area contributed by atoms with E-state index in [1.54, 1.807) is 29.2 Å². The fraction of sp³-hybridized carbons (Fsp3) is 0.462. The maximum Gasteiger partial charge on any atom is 0.260 e. The van der Waals surface area contributed by atoms with Gasteiger partial charge in [0, 0.05) is 31.7 Å². The minimum absolute atomic E-state index is 0.172. The van der Waals surface area contributed by atoms with Gasteiger partial charge >= 0.3 is 0 Å². The molecule has 7 nitrogen and oxygen atoms in total. The molecule has 0 saturated carbocycles. The van der Waals surface area contributed by atoms with Gasteiger partial charge in [-0.25, -0.2) is 13.4 Å². The van der Waals surface area contributed by atoms with Gasteiger partial charge in [0.1, 0.15) is 0 Å². The summed E-state index contributed by atoms with van der Waals surface area (Å²) in [6.07, 6.45) is 1.77. The number of nitrogens with zero attached hydrogens (tertiary/aromatic N) is 4. The lowest BCUT2D eigenvalue weighted by molar-refractivity contribution is 0.0983. The highest BCUT2D eigenvalue weighted by Crippen LogP contribution is 2.32. The van der Waals surface area contributed by atoms with E-state index >= 15 is 0 Å². The quantitative estimate of drug-likeness (QED) is 0.414. The third-order valence-corrected chi connectivity index (χ3v) is 9.76. The fourth-order valence-corrected chi connectivity index (χ4v) is 6.94. The lowest BCUT2D eigenvalue weighted by Gasteiger charge is -2.25. The van der Waals surface area contributed by atoms with Crippen LogP contribution in [0.25, 0.3) is 10.2 Å². The third kappa shape index (κ3) is 5.43. The van der Waals surface area contributed by atoms with Gasteiger partial charge in [-0.05, 0) is 87.3 Å². The SMILES string of the molecule is CCN(CC)CCN(C(=O)c1ccc(S(=O)(=O)N2CCCC2)cc1)c1nc2cc(C)c(C)cc2s1. The molecule has 0 spiro atoms. The zero-order valence-electron chi connectivity index (χ0n) is 21.0. The highest BCUT2D eigenvalue weighted by Gasteiger charge is 2.28. The summed E-state index contributed by atoms with van der Waals surface area (Å²) < 4.78 is 28.3. The van der Waals surface area contributed by atoms with Crippen molar-refractivity contribution in [3.63, 3.8) is 0 Å². The number of carbonyl (C=O) groups excluding carboxylic acids is 1. The second-order valence-corrected chi connectivity index (χ2v) is 12.0. The summed E-state index contributed by atoms with van der Waals surface area (Å²) in [5.41, 5.74) is 3.71. The van der Waals surface area contributed by atoms with Gasteiger partial charge in [0.05, 0.1) is 15.1 Å². The van der Waals surface area contributed by atoms with Crippen molar-refractivity contribution in [2.24, 2.45) is 0 Å². The molecule has 4 rings (SSSR count). The Morgan fingerprint density at radius 2 is 1.63 bits per heavy atom. The number of carbonyl (C=O) groups is 1. The molecule has 1 amide bonds. The van der Waals surface area contributed by atoms with Gasteiger partial charge in [-0.15, -0.1) is 0 Å².